The maximum atomic E-state index is 3.69. The molecule has 0 aromatic carbocycles. The standard InChI is InChI=1S/C15H27NS/c1-7-15(6,8-2)16-11-12-9-10-13(17-12)14(3,4)5/h9-10,16H,7-8,11H2,1-6H3. The van der Waals surface area contributed by atoms with Gasteiger partial charge in [-0.1, -0.05) is 34.6 Å². The zero-order chi connectivity index (χ0) is 13.1. The topological polar surface area (TPSA) is 12.0 Å². The van der Waals surface area contributed by atoms with E-state index in [1.165, 1.54) is 22.6 Å². The normalized spacial score (nSPS) is 13.1. The van der Waals surface area contributed by atoms with E-state index in [1.807, 2.05) is 11.3 Å². The molecule has 0 aliphatic rings. The molecule has 1 nitrogen and oxygen atoms in total. The fraction of sp³-hybridized carbons (Fsp3) is 0.733. The van der Waals surface area contributed by atoms with E-state index in [4.69, 9.17) is 0 Å². The third kappa shape index (κ3) is 4.11. The van der Waals surface area contributed by atoms with Gasteiger partial charge in [0.05, 0.1) is 0 Å². The molecule has 1 aromatic heterocycles. The van der Waals surface area contributed by atoms with E-state index in [0.29, 0.717) is 0 Å². The minimum absolute atomic E-state index is 0.279. The molecule has 0 atom stereocenters. The van der Waals surface area contributed by atoms with Crippen molar-refractivity contribution in [1.29, 1.82) is 0 Å². The van der Waals surface area contributed by atoms with Gasteiger partial charge in [-0.15, -0.1) is 11.3 Å². The summed E-state index contributed by atoms with van der Waals surface area (Å²) < 4.78 is 0. The fourth-order valence-electron chi connectivity index (χ4n) is 1.68. The van der Waals surface area contributed by atoms with E-state index in [1.54, 1.807) is 0 Å². The first-order valence-corrected chi connectivity index (χ1v) is 7.46. The SMILES string of the molecule is CCC(C)(CC)NCc1ccc(C(C)(C)C)s1. The van der Waals surface area contributed by atoms with E-state index in [0.717, 1.165) is 6.54 Å². The molecule has 0 unspecified atom stereocenters. The quantitative estimate of drug-likeness (QED) is 0.801. The predicted molar refractivity (Wildman–Crippen MR) is 78.8 cm³/mol. The average Bonchev–Trinajstić information content (AvgIpc) is 2.74. The largest absolute Gasteiger partial charge is 0.307 e. The molecule has 0 fully saturated rings. The minimum atomic E-state index is 0.279. The molecule has 0 saturated heterocycles. The highest BCUT2D eigenvalue weighted by atomic mass is 32.1. The second-order valence-corrected chi connectivity index (χ2v) is 7.31. The van der Waals surface area contributed by atoms with Gasteiger partial charge in [0.15, 0.2) is 0 Å². The Morgan fingerprint density at radius 3 is 2.06 bits per heavy atom. The zero-order valence-corrected chi connectivity index (χ0v) is 13.0. The summed E-state index contributed by atoms with van der Waals surface area (Å²) in [5.41, 5.74) is 0.563. The van der Waals surface area contributed by atoms with Crippen molar-refractivity contribution in [3.8, 4) is 0 Å². The highest BCUT2D eigenvalue weighted by Gasteiger charge is 2.20. The molecule has 1 N–H and O–H groups in total. The molecule has 2 heteroatoms. The van der Waals surface area contributed by atoms with Crippen LogP contribution in [0.15, 0.2) is 12.1 Å². The maximum Gasteiger partial charge on any atom is 0.0304 e. The van der Waals surface area contributed by atoms with Crippen LogP contribution < -0.4 is 5.32 Å². The van der Waals surface area contributed by atoms with E-state index in [9.17, 15) is 0 Å². The molecule has 1 rings (SSSR count). The van der Waals surface area contributed by atoms with Crippen molar-refractivity contribution < 1.29 is 0 Å². The molecular formula is C15H27NS. The second-order valence-electron chi connectivity index (χ2n) is 6.14. The molecule has 0 aliphatic carbocycles. The lowest BCUT2D eigenvalue weighted by atomic mass is 9.95. The summed E-state index contributed by atoms with van der Waals surface area (Å²) in [6, 6.07) is 4.54. The van der Waals surface area contributed by atoms with Gasteiger partial charge in [-0.05, 0) is 37.3 Å². The van der Waals surface area contributed by atoms with Crippen LogP contribution in [0.25, 0.3) is 0 Å². The minimum Gasteiger partial charge on any atom is -0.307 e. The van der Waals surface area contributed by atoms with Gasteiger partial charge in [-0.25, -0.2) is 0 Å². The molecule has 0 spiro atoms. The Hall–Kier alpha value is -0.340. The Kier molecular flexibility index (Phi) is 4.79. The molecule has 0 bridgehead atoms. The van der Waals surface area contributed by atoms with Crippen molar-refractivity contribution in [1.82, 2.24) is 5.32 Å². The summed E-state index contributed by atoms with van der Waals surface area (Å²) in [5, 5.41) is 3.69. The Balaban J connectivity index is 2.62. The number of hydrogen-bond acceptors (Lipinski definition) is 2. The van der Waals surface area contributed by atoms with E-state index < -0.39 is 0 Å². The first-order chi connectivity index (χ1) is 7.80. The molecule has 1 heterocycles. The van der Waals surface area contributed by atoms with Gasteiger partial charge in [0.1, 0.15) is 0 Å². The van der Waals surface area contributed by atoms with Crippen molar-refractivity contribution in [2.75, 3.05) is 0 Å². The monoisotopic (exact) mass is 253 g/mol. The van der Waals surface area contributed by atoms with Gasteiger partial charge in [0, 0.05) is 21.8 Å². The first kappa shape index (κ1) is 14.7. The van der Waals surface area contributed by atoms with Gasteiger partial charge < -0.3 is 5.32 Å². The molecule has 0 amide bonds. The average molecular weight is 253 g/mol. The van der Waals surface area contributed by atoms with Crippen molar-refractivity contribution in [2.24, 2.45) is 0 Å². The summed E-state index contributed by atoms with van der Waals surface area (Å²) in [5.74, 6) is 0. The lowest BCUT2D eigenvalue weighted by Crippen LogP contribution is -2.40. The highest BCUT2D eigenvalue weighted by Crippen LogP contribution is 2.29. The molecular weight excluding hydrogens is 226 g/mol. The van der Waals surface area contributed by atoms with Crippen LogP contribution in [0, 0.1) is 0 Å². The molecule has 1 aromatic rings. The second kappa shape index (κ2) is 5.53. The molecule has 98 valence electrons. The van der Waals surface area contributed by atoms with Crippen molar-refractivity contribution in [3.63, 3.8) is 0 Å². The number of nitrogens with one attached hydrogen (secondary N) is 1. The Morgan fingerprint density at radius 2 is 1.65 bits per heavy atom. The van der Waals surface area contributed by atoms with Gasteiger partial charge in [-0.3, -0.25) is 0 Å². The Labute approximate surface area is 111 Å². The maximum absolute atomic E-state index is 3.69. The fourth-order valence-corrected chi connectivity index (χ4v) is 2.68. The lowest BCUT2D eigenvalue weighted by Gasteiger charge is -2.28. The van der Waals surface area contributed by atoms with Crippen LogP contribution in [0.5, 0.6) is 0 Å². The van der Waals surface area contributed by atoms with Gasteiger partial charge in [0.2, 0.25) is 0 Å². The molecule has 0 saturated carbocycles. The van der Waals surface area contributed by atoms with Crippen LogP contribution in [0.3, 0.4) is 0 Å². The summed E-state index contributed by atoms with van der Waals surface area (Å²) in [4.78, 5) is 2.92. The summed E-state index contributed by atoms with van der Waals surface area (Å²) >= 11 is 1.94. The predicted octanol–water partition coefficient (Wildman–Crippen LogP) is 4.71. The van der Waals surface area contributed by atoms with Crippen molar-refractivity contribution in [2.45, 2.75) is 71.9 Å². The smallest absolute Gasteiger partial charge is 0.0304 e. The third-order valence-corrected chi connectivity index (χ3v) is 5.16. The van der Waals surface area contributed by atoms with Crippen LogP contribution in [-0.2, 0) is 12.0 Å². The molecule has 17 heavy (non-hydrogen) atoms. The zero-order valence-electron chi connectivity index (χ0n) is 12.2. The van der Waals surface area contributed by atoms with E-state index >= 15 is 0 Å². The van der Waals surface area contributed by atoms with Gasteiger partial charge >= 0.3 is 0 Å². The first-order valence-electron chi connectivity index (χ1n) is 6.65. The van der Waals surface area contributed by atoms with E-state index in [2.05, 4.69) is 59.0 Å². The van der Waals surface area contributed by atoms with Crippen LogP contribution in [0.1, 0.15) is 64.1 Å². The highest BCUT2D eigenvalue weighted by molar-refractivity contribution is 7.12. The molecule has 0 radical (unpaired) electrons. The Bertz CT molecular complexity index is 342. The number of rotatable bonds is 5. The van der Waals surface area contributed by atoms with Crippen LogP contribution in [0.4, 0.5) is 0 Å². The van der Waals surface area contributed by atoms with Crippen LogP contribution in [-0.4, -0.2) is 5.54 Å². The lowest BCUT2D eigenvalue weighted by molar-refractivity contribution is 0.330. The summed E-state index contributed by atoms with van der Waals surface area (Å²) in [7, 11) is 0. The summed E-state index contributed by atoms with van der Waals surface area (Å²) in [6.07, 6.45) is 2.36. The summed E-state index contributed by atoms with van der Waals surface area (Å²) in [6.45, 7) is 14.6. The molecule has 0 aliphatic heterocycles. The van der Waals surface area contributed by atoms with Crippen molar-refractivity contribution in [3.05, 3.63) is 21.9 Å². The van der Waals surface area contributed by atoms with Crippen molar-refractivity contribution >= 4 is 11.3 Å². The third-order valence-electron chi connectivity index (χ3n) is 3.65. The van der Waals surface area contributed by atoms with Crippen LogP contribution in [0.2, 0.25) is 0 Å². The van der Waals surface area contributed by atoms with Gasteiger partial charge in [0.25, 0.3) is 0 Å². The van der Waals surface area contributed by atoms with Crippen LogP contribution >= 0.6 is 11.3 Å². The van der Waals surface area contributed by atoms with Gasteiger partial charge in [-0.2, -0.15) is 0 Å². The Morgan fingerprint density at radius 1 is 1.06 bits per heavy atom. The van der Waals surface area contributed by atoms with E-state index in [-0.39, 0.29) is 11.0 Å². The number of hydrogen-bond donors (Lipinski definition) is 1. The number of thiophene rings is 1.